The number of likely N-dealkylation sites (tertiary alicyclic amines) is 1. The Morgan fingerprint density at radius 3 is 2.29 bits per heavy atom. The van der Waals surface area contributed by atoms with E-state index in [1.54, 1.807) is 4.90 Å². The number of amides is 1. The maximum absolute atomic E-state index is 11.4. The summed E-state index contributed by atoms with van der Waals surface area (Å²) < 4.78 is 0. The van der Waals surface area contributed by atoms with Crippen molar-refractivity contribution in [3.63, 3.8) is 0 Å². The third-order valence-electron chi connectivity index (χ3n) is 2.52. The summed E-state index contributed by atoms with van der Waals surface area (Å²) in [6.45, 7) is 9.06. The normalized spacial score (nSPS) is 20.4. The first-order valence-corrected chi connectivity index (χ1v) is 5.15. The van der Waals surface area contributed by atoms with Gasteiger partial charge in [-0.1, -0.05) is 20.8 Å². The van der Waals surface area contributed by atoms with E-state index in [9.17, 15) is 9.59 Å². The molecule has 1 saturated heterocycles. The molecule has 1 rings (SSSR count). The minimum Gasteiger partial charge on any atom is -0.333 e. The summed E-state index contributed by atoms with van der Waals surface area (Å²) in [6.07, 6.45) is 1.33. The molecule has 1 aliphatic heterocycles. The maximum atomic E-state index is 11.4. The van der Waals surface area contributed by atoms with Crippen LogP contribution in [0.15, 0.2) is 0 Å². The topological polar surface area (TPSA) is 37.4 Å². The second kappa shape index (κ2) is 3.71. The molecule has 1 fully saturated rings. The van der Waals surface area contributed by atoms with Crippen molar-refractivity contribution in [2.75, 3.05) is 6.54 Å². The van der Waals surface area contributed by atoms with Gasteiger partial charge >= 0.3 is 0 Å². The second-order valence-electron chi connectivity index (χ2n) is 5.29. The minimum absolute atomic E-state index is 0.175. The highest BCUT2D eigenvalue weighted by Crippen LogP contribution is 2.25. The Balaban J connectivity index is 2.58. The molecule has 1 amide bonds. The van der Waals surface area contributed by atoms with Gasteiger partial charge in [-0.05, 0) is 18.8 Å². The van der Waals surface area contributed by atoms with E-state index in [2.05, 4.69) is 20.8 Å². The number of rotatable bonds is 2. The largest absolute Gasteiger partial charge is 0.333 e. The Morgan fingerprint density at radius 1 is 1.36 bits per heavy atom. The van der Waals surface area contributed by atoms with Crippen LogP contribution in [0.2, 0.25) is 0 Å². The molecule has 0 N–H and O–H groups in total. The summed E-state index contributed by atoms with van der Waals surface area (Å²) in [5, 5.41) is 0. The molecule has 1 aliphatic rings. The van der Waals surface area contributed by atoms with Crippen LogP contribution in [0.25, 0.3) is 0 Å². The number of hydrogen-bond acceptors (Lipinski definition) is 2. The van der Waals surface area contributed by atoms with Gasteiger partial charge in [0.1, 0.15) is 0 Å². The van der Waals surface area contributed by atoms with Crippen molar-refractivity contribution in [3.05, 3.63) is 0 Å². The van der Waals surface area contributed by atoms with E-state index in [0.29, 0.717) is 13.0 Å². The number of hydrogen-bond donors (Lipinski definition) is 0. The standard InChI is InChI=1S/C11H19NO2/c1-8(7-11(2,3)4)12-6-5-9(13)10(12)14/h8H,5-7H2,1-4H3. The lowest BCUT2D eigenvalue weighted by Crippen LogP contribution is -2.38. The van der Waals surface area contributed by atoms with Crippen molar-refractivity contribution >= 4 is 11.7 Å². The first kappa shape index (κ1) is 11.2. The summed E-state index contributed by atoms with van der Waals surface area (Å²) in [7, 11) is 0. The quantitative estimate of drug-likeness (QED) is 0.631. The van der Waals surface area contributed by atoms with Gasteiger partial charge in [-0.2, -0.15) is 0 Å². The van der Waals surface area contributed by atoms with Gasteiger partial charge in [-0.25, -0.2) is 0 Å². The first-order chi connectivity index (χ1) is 6.31. The zero-order chi connectivity index (χ0) is 10.9. The van der Waals surface area contributed by atoms with Crippen molar-refractivity contribution in [2.24, 2.45) is 5.41 Å². The van der Waals surface area contributed by atoms with Crippen LogP contribution in [0.4, 0.5) is 0 Å². The van der Waals surface area contributed by atoms with E-state index in [4.69, 9.17) is 0 Å². The molecule has 14 heavy (non-hydrogen) atoms. The summed E-state index contributed by atoms with van der Waals surface area (Å²) in [5.41, 5.74) is 0.200. The molecule has 3 heteroatoms. The molecule has 0 radical (unpaired) electrons. The highest BCUT2D eigenvalue weighted by atomic mass is 16.2. The molecule has 80 valence electrons. The number of nitrogens with zero attached hydrogens (tertiary/aromatic N) is 1. The molecule has 0 aromatic heterocycles. The predicted molar refractivity (Wildman–Crippen MR) is 54.9 cm³/mol. The number of Topliss-reactive ketones (excluding diaryl/α,β-unsaturated/α-hetero) is 1. The maximum Gasteiger partial charge on any atom is 0.290 e. The van der Waals surface area contributed by atoms with Crippen LogP contribution in [-0.4, -0.2) is 29.2 Å². The molecule has 0 bridgehead atoms. The lowest BCUT2D eigenvalue weighted by Gasteiger charge is -2.29. The summed E-state index contributed by atoms with van der Waals surface area (Å²) >= 11 is 0. The van der Waals surface area contributed by atoms with E-state index < -0.39 is 0 Å². The van der Waals surface area contributed by atoms with Gasteiger partial charge in [0.2, 0.25) is 5.78 Å². The highest BCUT2D eigenvalue weighted by Gasteiger charge is 2.33. The van der Waals surface area contributed by atoms with Crippen molar-refractivity contribution in [1.29, 1.82) is 0 Å². The fraction of sp³-hybridized carbons (Fsp3) is 0.818. The molecule has 0 saturated carbocycles. The van der Waals surface area contributed by atoms with E-state index >= 15 is 0 Å². The molecule has 3 nitrogen and oxygen atoms in total. The SMILES string of the molecule is CC(CC(C)(C)C)N1CCC(=O)C1=O. The average Bonchev–Trinajstić information content (AvgIpc) is 2.29. The lowest BCUT2D eigenvalue weighted by atomic mass is 9.88. The zero-order valence-electron chi connectivity index (χ0n) is 9.46. The Hall–Kier alpha value is -0.860. The molecule has 0 aromatic carbocycles. The molecule has 0 aliphatic carbocycles. The molecular formula is C11H19NO2. The summed E-state index contributed by atoms with van der Waals surface area (Å²) in [6, 6.07) is 0.175. The van der Waals surface area contributed by atoms with Crippen LogP contribution in [0.3, 0.4) is 0 Å². The Bertz CT molecular complexity index is 253. The Kier molecular flexibility index (Phi) is 2.98. The van der Waals surface area contributed by atoms with Crippen LogP contribution >= 0.6 is 0 Å². The molecule has 0 aromatic rings. The minimum atomic E-state index is -0.290. The molecule has 0 spiro atoms. The van der Waals surface area contributed by atoms with Crippen LogP contribution in [0.5, 0.6) is 0 Å². The van der Waals surface area contributed by atoms with Crippen molar-refractivity contribution in [1.82, 2.24) is 4.90 Å². The summed E-state index contributed by atoms with van der Waals surface area (Å²) in [5.74, 6) is -0.521. The van der Waals surface area contributed by atoms with Crippen molar-refractivity contribution in [3.8, 4) is 0 Å². The van der Waals surface area contributed by atoms with Gasteiger partial charge in [0.25, 0.3) is 5.91 Å². The van der Waals surface area contributed by atoms with Crippen LogP contribution in [0.1, 0.15) is 40.5 Å². The van der Waals surface area contributed by atoms with Crippen molar-refractivity contribution in [2.45, 2.75) is 46.6 Å². The van der Waals surface area contributed by atoms with E-state index in [0.717, 1.165) is 6.42 Å². The van der Waals surface area contributed by atoms with Gasteiger partial charge in [0.05, 0.1) is 0 Å². The second-order valence-corrected chi connectivity index (χ2v) is 5.29. The molecule has 1 atom stereocenters. The number of carbonyl (C=O) groups is 2. The Labute approximate surface area is 85.5 Å². The third kappa shape index (κ3) is 2.56. The van der Waals surface area contributed by atoms with Crippen LogP contribution in [-0.2, 0) is 9.59 Å². The third-order valence-corrected chi connectivity index (χ3v) is 2.52. The number of carbonyl (C=O) groups excluding carboxylic acids is 2. The van der Waals surface area contributed by atoms with E-state index in [-0.39, 0.29) is 23.1 Å². The average molecular weight is 197 g/mol. The van der Waals surface area contributed by atoms with Gasteiger partial charge in [0, 0.05) is 19.0 Å². The molecular weight excluding hydrogens is 178 g/mol. The van der Waals surface area contributed by atoms with E-state index in [1.165, 1.54) is 0 Å². The molecule has 1 heterocycles. The van der Waals surface area contributed by atoms with Crippen LogP contribution in [0, 0.1) is 5.41 Å². The van der Waals surface area contributed by atoms with Gasteiger partial charge in [-0.3, -0.25) is 9.59 Å². The number of ketones is 1. The zero-order valence-corrected chi connectivity index (χ0v) is 9.46. The summed E-state index contributed by atoms with van der Waals surface area (Å²) in [4.78, 5) is 24.2. The van der Waals surface area contributed by atoms with Gasteiger partial charge in [0.15, 0.2) is 0 Å². The van der Waals surface area contributed by atoms with Gasteiger partial charge in [-0.15, -0.1) is 0 Å². The Morgan fingerprint density at radius 2 is 1.93 bits per heavy atom. The fourth-order valence-corrected chi connectivity index (χ4v) is 2.01. The van der Waals surface area contributed by atoms with Crippen LogP contribution < -0.4 is 0 Å². The smallest absolute Gasteiger partial charge is 0.290 e. The first-order valence-electron chi connectivity index (χ1n) is 5.15. The fourth-order valence-electron chi connectivity index (χ4n) is 2.01. The van der Waals surface area contributed by atoms with Gasteiger partial charge < -0.3 is 4.90 Å². The highest BCUT2D eigenvalue weighted by molar-refractivity contribution is 6.37. The lowest BCUT2D eigenvalue weighted by molar-refractivity contribution is -0.141. The van der Waals surface area contributed by atoms with E-state index in [1.807, 2.05) is 6.92 Å². The predicted octanol–water partition coefficient (Wildman–Crippen LogP) is 1.61. The monoisotopic (exact) mass is 197 g/mol. The molecule has 1 unspecified atom stereocenters. The van der Waals surface area contributed by atoms with Crippen molar-refractivity contribution < 1.29 is 9.59 Å².